The van der Waals surface area contributed by atoms with Gasteiger partial charge in [-0.15, -0.1) is 0 Å². The van der Waals surface area contributed by atoms with Crippen molar-refractivity contribution >= 4 is 11.7 Å². The lowest BCUT2D eigenvalue weighted by Crippen LogP contribution is -2.47. The van der Waals surface area contributed by atoms with Gasteiger partial charge >= 0.3 is 12.2 Å². The van der Waals surface area contributed by atoms with Crippen LogP contribution in [0.25, 0.3) is 0 Å². The van der Waals surface area contributed by atoms with Gasteiger partial charge in [0.2, 0.25) is 0 Å². The van der Waals surface area contributed by atoms with Crippen LogP contribution in [0.4, 0.5) is 23.7 Å². The van der Waals surface area contributed by atoms with Crippen molar-refractivity contribution < 1.29 is 18.0 Å². The van der Waals surface area contributed by atoms with Gasteiger partial charge in [0.25, 0.3) is 0 Å². The quantitative estimate of drug-likeness (QED) is 0.716. The zero-order valence-corrected chi connectivity index (χ0v) is 16.9. The fourth-order valence-corrected chi connectivity index (χ4v) is 3.16. The van der Waals surface area contributed by atoms with Gasteiger partial charge in [-0.1, -0.05) is 6.07 Å². The lowest BCUT2D eigenvalue weighted by Gasteiger charge is -2.36. The van der Waals surface area contributed by atoms with Crippen LogP contribution in [0.15, 0.2) is 24.3 Å². The molecular weight excluding hydrogens is 369 g/mol. The highest BCUT2D eigenvalue weighted by Crippen LogP contribution is 2.31. The molecule has 1 aliphatic heterocycles. The monoisotopic (exact) mass is 400 g/mol. The van der Waals surface area contributed by atoms with Crippen LogP contribution in [-0.4, -0.2) is 55.7 Å². The molecule has 1 aromatic rings. The van der Waals surface area contributed by atoms with Crippen LogP contribution in [0.1, 0.15) is 39.2 Å². The SMILES string of the molecule is CC(C)(C)NC(=O)NCCCCN1CCN(c2cccc(C(F)(F)F)c2)CC1. The number of halogens is 3. The summed E-state index contributed by atoms with van der Waals surface area (Å²) in [5.41, 5.74) is -0.220. The predicted octanol–water partition coefficient (Wildman–Crippen LogP) is 3.71. The van der Waals surface area contributed by atoms with Crippen LogP contribution >= 0.6 is 0 Å². The smallest absolute Gasteiger partial charge is 0.369 e. The number of carbonyl (C=O) groups excluding carboxylic acids is 1. The van der Waals surface area contributed by atoms with Gasteiger partial charge in [0.05, 0.1) is 5.56 Å². The Balaban J connectivity index is 1.66. The lowest BCUT2D eigenvalue weighted by molar-refractivity contribution is -0.137. The van der Waals surface area contributed by atoms with E-state index in [0.717, 1.165) is 38.5 Å². The summed E-state index contributed by atoms with van der Waals surface area (Å²) in [7, 11) is 0. The minimum Gasteiger partial charge on any atom is -0.369 e. The summed E-state index contributed by atoms with van der Waals surface area (Å²) in [4.78, 5) is 16.0. The molecule has 1 fully saturated rings. The summed E-state index contributed by atoms with van der Waals surface area (Å²) in [6.45, 7) is 10.5. The molecule has 0 radical (unpaired) electrons. The van der Waals surface area contributed by atoms with Gasteiger partial charge < -0.3 is 15.5 Å². The number of amides is 2. The zero-order valence-electron chi connectivity index (χ0n) is 16.9. The first-order chi connectivity index (χ1) is 13.0. The Labute approximate surface area is 165 Å². The third kappa shape index (κ3) is 7.58. The van der Waals surface area contributed by atoms with Gasteiger partial charge in [-0.05, 0) is 58.4 Å². The number of hydrogen-bond acceptors (Lipinski definition) is 3. The Morgan fingerprint density at radius 3 is 2.36 bits per heavy atom. The third-order valence-corrected chi connectivity index (χ3v) is 4.59. The number of nitrogens with zero attached hydrogens (tertiary/aromatic N) is 2. The molecule has 8 heteroatoms. The highest BCUT2D eigenvalue weighted by Gasteiger charge is 2.31. The van der Waals surface area contributed by atoms with Crippen LogP contribution in [0.2, 0.25) is 0 Å². The Morgan fingerprint density at radius 2 is 1.75 bits per heavy atom. The van der Waals surface area contributed by atoms with Crippen molar-refractivity contribution in [2.45, 2.75) is 45.3 Å². The van der Waals surface area contributed by atoms with Crippen molar-refractivity contribution in [3.8, 4) is 0 Å². The summed E-state index contributed by atoms with van der Waals surface area (Å²) in [5, 5.41) is 5.71. The highest BCUT2D eigenvalue weighted by molar-refractivity contribution is 5.74. The zero-order chi connectivity index (χ0) is 20.8. The predicted molar refractivity (Wildman–Crippen MR) is 106 cm³/mol. The summed E-state index contributed by atoms with van der Waals surface area (Å²) in [6, 6.07) is 5.38. The normalized spacial score (nSPS) is 16.1. The Morgan fingerprint density at radius 1 is 1.07 bits per heavy atom. The standard InChI is InChI=1S/C20H31F3N4O/c1-19(2,3)25-18(28)24-9-4-5-10-26-11-13-27(14-12-26)17-8-6-7-16(15-17)20(21,22)23/h6-8,15H,4-5,9-14H2,1-3H3,(H2,24,25,28). The van der Waals surface area contributed by atoms with Gasteiger partial charge in [0.1, 0.15) is 0 Å². The molecule has 0 atom stereocenters. The van der Waals surface area contributed by atoms with Crippen LogP contribution in [0.5, 0.6) is 0 Å². The van der Waals surface area contributed by atoms with Crippen molar-refractivity contribution in [3.63, 3.8) is 0 Å². The van der Waals surface area contributed by atoms with Gasteiger partial charge in [-0.3, -0.25) is 4.90 Å². The molecule has 2 N–H and O–H groups in total. The molecule has 0 unspecified atom stereocenters. The van der Waals surface area contributed by atoms with E-state index in [4.69, 9.17) is 0 Å². The highest BCUT2D eigenvalue weighted by atomic mass is 19.4. The van der Waals surface area contributed by atoms with E-state index in [9.17, 15) is 18.0 Å². The van der Waals surface area contributed by atoms with Crippen LogP contribution in [-0.2, 0) is 6.18 Å². The van der Waals surface area contributed by atoms with Crippen LogP contribution in [0.3, 0.4) is 0 Å². The Kier molecular flexibility index (Phi) is 7.57. The molecule has 1 saturated heterocycles. The Hall–Kier alpha value is -1.96. The molecule has 0 saturated carbocycles. The number of rotatable bonds is 6. The van der Waals surface area contributed by atoms with Crippen molar-refractivity contribution in [1.82, 2.24) is 15.5 Å². The molecule has 0 spiro atoms. The molecule has 28 heavy (non-hydrogen) atoms. The van der Waals surface area contributed by atoms with Crippen molar-refractivity contribution in [3.05, 3.63) is 29.8 Å². The minimum absolute atomic E-state index is 0.151. The summed E-state index contributed by atoms with van der Waals surface area (Å²) in [6.07, 6.45) is -2.44. The maximum atomic E-state index is 12.9. The molecular formula is C20H31F3N4O. The third-order valence-electron chi connectivity index (χ3n) is 4.59. The molecule has 1 aliphatic rings. The fourth-order valence-electron chi connectivity index (χ4n) is 3.16. The van der Waals surface area contributed by atoms with E-state index < -0.39 is 11.7 Å². The second-order valence-electron chi connectivity index (χ2n) is 8.21. The second kappa shape index (κ2) is 9.49. The summed E-state index contributed by atoms with van der Waals surface area (Å²) in [5.74, 6) is 0. The molecule has 0 bridgehead atoms. The first-order valence-electron chi connectivity index (χ1n) is 9.75. The van der Waals surface area contributed by atoms with Gasteiger partial charge in [0, 0.05) is 44.0 Å². The number of hydrogen-bond donors (Lipinski definition) is 2. The van der Waals surface area contributed by atoms with Crippen molar-refractivity contribution in [1.29, 1.82) is 0 Å². The van der Waals surface area contributed by atoms with E-state index in [1.807, 2.05) is 25.7 Å². The number of alkyl halides is 3. The van der Waals surface area contributed by atoms with E-state index in [2.05, 4.69) is 15.5 Å². The number of anilines is 1. The van der Waals surface area contributed by atoms with E-state index in [1.165, 1.54) is 12.1 Å². The van der Waals surface area contributed by atoms with Crippen molar-refractivity contribution in [2.75, 3.05) is 44.2 Å². The topological polar surface area (TPSA) is 47.6 Å². The number of urea groups is 1. The number of nitrogens with one attached hydrogen (secondary N) is 2. The van der Waals surface area contributed by atoms with Crippen molar-refractivity contribution in [2.24, 2.45) is 0 Å². The van der Waals surface area contributed by atoms with Gasteiger partial charge in [-0.2, -0.15) is 13.2 Å². The molecule has 158 valence electrons. The molecule has 2 amide bonds. The number of piperazine rings is 1. The first kappa shape index (κ1) is 22.3. The fraction of sp³-hybridized carbons (Fsp3) is 0.650. The van der Waals surface area contributed by atoms with Gasteiger partial charge in [-0.25, -0.2) is 4.79 Å². The van der Waals surface area contributed by atoms with E-state index in [0.29, 0.717) is 25.3 Å². The molecule has 0 aromatic heterocycles. The molecule has 1 heterocycles. The number of benzene rings is 1. The maximum absolute atomic E-state index is 12.9. The maximum Gasteiger partial charge on any atom is 0.416 e. The molecule has 2 rings (SSSR count). The van der Waals surface area contributed by atoms with Crippen LogP contribution < -0.4 is 15.5 Å². The largest absolute Gasteiger partial charge is 0.416 e. The Bertz CT molecular complexity index is 635. The first-order valence-corrected chi connectivity index (χ1v) is 9.75. The second-order valence-corrected chi connectivity index (χ2v) is 8.21. The summed E-state index contributed by atoms with van der Waals surface area (Å²) >= 11 is 0. The van der Waals surface area contributed by atoms with E-state index >= 15 is 0 Å². The average Bonchev–Trinajstić information content (AvgIpc) is 2.60. The number of unbranched alkanes of at least 4 members (excludes halogenated alkanes) is 1. The lowest BCUT2D eigenvalue weighted by atomic mass is 10.1. The van der Waals surface area contributed by atoms with E-state index in [1.54, 1.807) is 6.07 Å². The molecule has 5 nitrogen and oxygen atoms in total. The average molecular weight is 400 g/mol. The summed E-state index contributed by atoms with van der Waals surface area (Å²) < 4.78 is 38.6. The van der Waals surface area contributed by atoms with E-state index in [-0.39, 0.29) is 11.6 Å². The minimum atomic E-state index is -4.31. The number of carbonyl (C=O) groups is 1. The molecule has 1 aromatic carbocycles. The van der Waals surface area contributed by atoms with Crippen LogP contribution in [0, 0.1) is 0 Å². The van der Waals surface area contributed by atoms with Gasteiger partial charge in [0.15, 0.2) is 0 Å². The molecule has 0 aliphatic carbocycles.